The van der Waals surface area contributed by atoms with Gasteiger partial charge in [0.2, 0.25) is 15.9 Å². The maximum Gasteiger partial charge on any atom is 0.244 e. The minimum absolute atomic E-state index is 0.221. The van der Waals surface area contributed by atoms with Crippen molar-refractivity contribution in [3.63, 3.8) is 0 Å². The summed E-state index contributed by atoms with van der Waals surface area (Å²) in [6.45, 7) is 5.53. The molecule has 0 saturated carbocycles. The van der Waals surface area contributed by atoms with E-state index in [0.29, 0.717) is 30.6 Å². The molecule has 1 atom stereocenters. The molecule has 2 aromatic rings. The molecule has 0 amide bonds. The van der Waals surface area contributed by atoms with Crippen molar-refractivity contribution >= 4 is 10.0 Å². The van der Waals surface area contributed by atoms with Crippen LogP contribution in [-0.2, 0) is 10.0 Å². The second kappa shape index (κ2) is 8.18. The molecule has 0 spiro atoms. The van der Waals surface area contributed by atoms with Gasteiger partial charge in [0, 0.05) is 19.2 Å². The van der Waals surface area contributed by atoms with E-state index in [9.17, 15) is 8.42 Å². The Morgan fingerprint density at radius 3 is 2.35 bits per heavy atom. The highest BCUT2D eigenvalue weighted by Gasteiger charge is 2.26. The molecular formula is C20H26N2O3S. The number of nitrogens with zero attached hydrogens (tertiary/aromatic N) is 2. The highest BCUT2D eigenvalue weighted by atomic mass is 32.2. The van der Waals surface area contributed by atoms with Gasteiger partial charge in [-0.15, -0.1) is 0 Å². The first kappa shape index (κ1) is 18.9. The minimum Gasteiger partial charge on any atom is -0.439 e. The maximum absolute atomic E-state index is 12.6. The van der Waals surface area contributed by atoms with Gasteiger partial charge in [0.15, 0.2) is 0 Å². The lowest BCUT2D eigenvalue weighted by Crippen LogP contribution is -2.35. The van der Waals surface area contributed by atoms with Gasteiger partial charge in [0.1, 0.15) is 10.6 Å². The van der Waals surface area contributed by atoms with Crippen molar-refractivity contribution in [1.29, 1.82) is 0 Å². The fourth-order valence-corrected chi connectivity index (χ4v) is 4.52. The Bertz CT molecular complexity index is 811. The Morgan fingerprint density at radius 1 is 1.08 bits per heavy atom. The lowest BCUT2D eigenvalue weighted by molar-refractivity contribution is 0.346. The lowest BCUT2D eigenvalue weighted by atomic mass is 9.99. The van der Waals surface area contributed by atoms with Crippen molar-refractivity contribution < 1.29 is 13.2 Å². The van der Waals surface area contributed by atoms with E-state index in [1.807, 2.05) is 12.1 Å². The van der Waals surface area contributed by atoms with E-state index in [1.165, 1.54) is 11.8 Å². The zero-order chi connectivity index (χ0) is 18.6. The second-order valence-electron chi connectivity index (χ2n) is 6.78. The summed E-state index contributed by atoms with van der Waals surface area (Å²) in [4.78, 5) is 4.40. The highest BCUT2D eigenvalue weighted by molar-refractivity contribution is 7.89. The van der Waals surface area contributed by atoms with Crippen molar-refractivity contribution in [2.24, 2.45) is 0 Å². The monoisotopic (exact) mass is 374 g/mol. The number of aromatic nitrogens is 1. The van der Waals surface area contributed by atoms with Crippen LogP contribution in [-0.4, -0.2) is 30.8 Å². The van der Waals surface area contributed by atoms with Gasteiger partial charge in [-0.05, 0) is 48.9 Å². The van der Waals surface area contributed by atoms with Crippen LogP contribution in [0.15, 0.2) is 47.5 Å². The predicted molar refractivity (Wildman–Crippen MR) is 102 cm³/mol. The summed E-state index contributed by atoms with van der Waals surface area (Å²) in [5, 5.41) is 0. The molecule has 26 heavy (non-hydrogen) atoms. The van der Waals surface area contributed by atoms with Gasteiger partial charge < -0.3 is 4.74 Å². The molecule has 6 heteroatoms. The molecular weight excluding hydrogens is 348 g/mol. The first-order valence-corrected chi connectivity index (χ1v) is 10.7. The molecule has 0 bridgehead atoms. The molecule has 0 N–H and O–H groups in total. The van der Waals surface area contributed by atoms with Crippen LogP contribution in [0.2, 0.25) is 0 Å². The number of rotatable bonds is 6. The maximum atomic E-state index is 12.6. The number of pyridine rings is 1. The summed E-state index contributed by atoms with van der Waals surface area (Å²) in [6, 6.07) is 11.1. The van der Waals surface area contributed by atoms with E-state index in [2.05, 4.69) is 31.0 Å². The largest absolute Gasteiger partial charge is 0.439 e. The van der Waals surface area contributed by atoms with E-state index >= 15 is 0 Å². The molecule has 1 aliphatic rings. The number of benzene rings is 1. The van der Waals surface area contributed by atoms with E-state index in [-0.39, 0.29) is 4.90 Å². The Hall–Kier alpha value is -1.92. The van der Waals surface area contributed by atoms with Crippen LogP contribution in [0.25, 0.3) is 0 Å². The number of piperidine rings is 1. The quantitative estimate of drug-likeness (QED) is 0.743. The Balaban J connectivity index is 1.69. The molecule has 1 aromatic carbocycles. The summed E-state index contributed by atoms with van der Waals surface area (Å²) in [7, 11) is -3.45. The fraction of sp³-hybridized carbons (Fsp3) is 0.450. The lowest BCUT2D eigenvalue weighted by Gasteiger charge is -2.25. The van der Waals surface area contributed by atoms with E-state index in [0.717, 1.165) is 25.7 Å². The molecule has 3 rings (SSSR count). The van der Waals surface area contributed by atoms with Crippen molar-refractivity contribution in [2.45, 2.75) is 50.3 Å². The predicted octanol–water partition coefficient (Wildman–Crippen LogP) is 4.56. The number of ether oxygens (including phenoxy) is 1. The summed E-state index contributed by atoms with van der Waals surface area (Å²) in [5.74, 6) is 1.59. The highest BCUT2D eigenvalue weighted by Crippen LogP contribution is 2.26. The molecule has 0 radical (unpaired) electrons. The molecule has 0 unspecified atom stereocenters. The summed E-state index contributed by atoms with van der Waals surface area (Å²) >= 11 is 0. The van der Waals surface area contributed by atoms with Gasteiger partial charge in [-0.3, -0.25) is 0 Å². The molecule has 1 saturated heterocycles. The van der Waals surface area contributed by atoms with E-state index in [1.54, 1.807) is 16.4 Å². The third-order valence-corrected chi connectivity index (χ3v) is 6.83. The van der Waals surface area contributed by atoms with Crippen LogP contribution in [0.5, 0.6) is 11.6 Å². The van der Waals surface area contributed by atoms with Crippen LogP contribution >= 0.6 is 0 Å². The van der Waals surface area contributed by atoms with E-state index < -0.39 is 10.0 Å². The number of hydrogen-bond acceptors (Lipinski definition) is 4. The van der Waals surface area contributed by atoms with Gasteiger partial charge >= 0.3 is 0 Å². The summed E-state index contributed by atoms with van der Waals surface area (Å²) in [6.07, 6.45) is 5.40. The molecule has 1 aromatic heterocycles. The van der Waals surface area contributed by atoms with Gasteiger partial charge in [-0.25, -0.2) is 13.4 Å². The van der Waals surface area contributed by atoms with Crippen LogP contribution in [0.1, 0.15) is 51.0 Å². The zero-order valence-electron chi connectivity index (χ0n) is 15.4. The van der Waals surface area contributed by atoms with Crippen molar-refractivity contribution in [3.8, 4) is 11.6 Å². The molecule has 5 nitrogen and oxygen atoms in total. The SMILES string of the molecule is CC[C@@H](C)c1ccc(Oc2ccc(S(=O)(=O)N3CCCCC3)cn2)cc1. The van der Waals surface area contributed by atoms with Crippen LogP contribution in [0.3, 0.4) is 0 Å². The third-order valence-electron chi connectivity index (χ3n) is 4.95. The van der Waals surface area contributed by atoms with Gasteiger partial charge in [-0.2, -0.15) is 4.31 Å². The first-order chi connectivity index (χ1) is 12.5. The molecule has 140 valence electrons. The smallest absolute Gasteiger partial charge is 0.244 e. The van der Waals surface area contributed by atoms with Crippen LogP contribution in [0.4, 0.5) is 0 Å². The van der Waals surface area contributed by atoms with E-state index in [4.69, 9.17) is 4.74 Å². The standard InChI is InChI=1S/C20H26N2O3S/c1-3-16(2)17-7-9-18(10-8-17)25-20-12-11-19(15-21-20)26(23,24)22-13-5-4-6-14-22/h7-12,15-16H,3-6,13-14H2,1-2H3/t16-/m1/s1. The summed E-state index contributed by atoms with van der Waals surface area (Å²) in [5.41, 5.74) is 1.27. The normalized spacial score (nSPS) is 17.0. The van der Waals surface area contributed by atoms with Crippen molar-refractivity contribution in [2.75, 3.05) is 13.1 Å². The van der Waals surface area contributed by atoms with Gasteiger partial charge in [0.25, 0.3) is 0 Å². The van der Waals surface area contributed by atoms with Crippen molar-refractivity contribution in [3.05, 3.63) is 48.2 Å². The zero-order valence-corrected chi connectivity index (χ0v) is 16.2. The minimum atomic E-state index is -3.45. The third kappa shape index (κ3) is 4.24. The molecule has 0 aliphatic carbocycles. The Morgan fingerprint density at radius 2 is 1.77 bits per heavy atom. The number of sulfonamides is 1. The summed E-state index contributed by atoms with van der Waals surface area (Å²) < 4.78 is 32.5. The van der Waals surface area contributed by atoms with Crippen LogP contribution in [0, 0.1) is 0 Å². The van der Waals surface area contributed by atoms with Gasteiger partial charge in [0.05, 0.1) is 6.20 Å². The van der Waals surface area contributed by atoms with Crippen molar-refractivity contribution in [1.82, 2.24) is 9.29 Å². The van der Waals surface area contributed by atoms with Crippen LogP contribution < -0.4 is 4.74 Å². The molecule has 1 aliphatic heterocycles. The fourth-order valence-electron chi connectivity index (χ4n) is 3.05. The molecule has 2 heterocycles. The first-order valence-electron chi connectivity index (χ1n) is 9.24. The Labute approximate surface area is 156 Å². The Kier molecular flexibility index (Phi) is 5.94. The second-order valence-corrected chi connectivity index (χ2v) is 8.72. The topological polar surface area (TPSA) is 59.5 Å². The number of hydrogen-bond donors (Lipinski definition) is 0. The average molecular weight is 375 g/mol. The average Bonchev–Trinajstić information content (AvgIpc) is 2.69. The molecule has 1 fully saturated rings. The van der Waals surface area contributed by atoms with Gasteiger partial charge in [-0.1, -0.05) is 32.4 Å².